The van der Waals surface area contributed by atoms with Crippen LogP contribution in [0.2, 0.25) is 0 Å². The number of methoxy groups -OCH3 is 2. The van der Waals surface area contributed by atoms with Crippen LogP contribution in [0.15, 0.2) is 36.4 Å². The maximum Gasteiger partial charge on any atom is 0.325 e. The Morgan fingerprint density at radius 3 is 2.52 bits per heavy atom. The summed E-state index contributed by atoms with van der Waals surface area (Å²) in [5.41, 5.74) is 0.0842. The number of hydrogen-bond acceptors (Lipinski definition) is 6. The van der Waals surface area contributed by atoms with Crippen LogP contribution in [0.3, 0.4) is 0 Å². The summed E-state index contributed by atoms with van der Waals surface area (Å²) in [5.74, 6) is 2.01. The van der Waals surface area contributed by atoms with Crippen molar-refractivity contribution in [1.82, 2.24) is 10.2 Å². The van der Waals surface area contributed by atoms with Gasteiger partial charge in [0, 0.05) is 5.56 Å². The minimum atomic E-state index is -1.21. The Labute approximate surface area is 168 Å². The monoisotopic (exact) mass is 398 g/mol. The van der Waals surface area contributed by atoms with Crippen LogP contribution in [-0.2, 0) is 16.9 Å². The number of fused-ring (bicyclic) bond motifs is 1. The molecule has 0 aromatic heterocycles. The highest BCUT2D eigenvalue weighted by atomic mass is 16.6. The summed E-state index contributed by atoms with van der Waals surface area (Å²) in [5, 5.41) is 2.81. The van der Waals surface area contributed by atoms with Gasteiger partial charge in [-0.25, -0.2) is 4.79 Å². The number of hydrogen-bond donors (Lipinski definition) is 1. The summed E-state index contributed by atoms with van der Waals surface area (Å²) >= 11 is 0. The number of ether oxygens (including phenoxy) is 4. The Balaban J connectivity index is 1.64. The van der Waals surface area contributed by atoms with E-state index in [0.717, 1.165) is 0 Å². The van der Waals surface area contributed by atoms with E-state index in [2.05, 4.69) is 5.32 Å². The van der Waals surface area contributed by atoms with Crippen molar-refractivity contribution in [3.63, 3.8) is 0 Å². The maximum absolute atomic E-state index is 13.3. The minimum Gasteiger partial charge on any atom is -0.497 e. The van der Waals surface area contributed by atoms with Crippen LogP contribution in [0.25, 0.3) is 0 Å². The zero-order valence-corrected chi connectivity index (χ0v) is 16.5. The second kappa shape index (κ2) is 7.20. The first-order chi connectivity index (χ1) is 14.0. The third kappa shape index (κ3) is 3.20. The minimum absolute atomic E-state index is 0.0607. The van der Waals surface area contributed by atoms with E-state index in [4.69, 9.17) is 18.9 Å². The van der Waals surface area contributed by atoms with Crippen molar-refractivity contribution in [2.24, 2.45) is 0 Å². The standard InChI is InChI=1S/C21H22N2O6/c1-21(14-4-6-17-18(11-14)29-9-8-28-17)19(24)23(20(25)22-21)12-13-10-15(26-2)5-7-16(13)27-3/h4-7,10-11H,8-9,12H2,1-3H3,(H,22,25)/t21-/m1/s1. The Kier molecular flexibility index (Phi) is 4.70. The highest BCUT2D eigenvalue weighted by Crippen LogP contribution is 2.37. The Hall–Kier alpha value is -3.42. The molecular formula is C21H22N2O6. The summed E-state index contributed by atoms with van der Waals surface area (Å²) < 4.78 is 21.8. The zero-order chi connectivity index (χ0) is 20.6. The predicted molar refractivity (Wildman–Crippen MR) is 103 cm³/mol. The Bertz CT molecular complexity index is 976. The Morgan fingerprint density at radius 1 is 1.03 bits per heavy atom. The average Bonchev–Trinajstić information content (AvgIpc) is 2.97. The summed E-state index contributed by atoms with van der Waals surface area (Å²) in [6, 6.07) is 10.0. The molecule has 3 amide bonds. The summed E-state index contributed by atoms with van der Waals surface area (Å²) in [6.07, 6.45) is 0. The average molecular weight is 398 g/mol. The van der Waals surface area contributed by atoms with Crippen LogP contribution in [0.5, 0.6) is 23.0 Å². The molecule has 4 rings (SSSR count). The number of amides is 3. The lowest BCUT2D eigenvalue weighted by Gasteiger charge is -2.25. The van der Waals surface area contributed by atoms with Crippen molar-refractivity contribution < 1.29 is 28.5 Å². The molecule has 2 aliphatic rings. The molecule has 2 aromatic rings. The van der Waals surface area contributed by atoms with Crippen LogP contribution >= 0.6 is 0 Å². The molecule has 1 N–H and O–H groups in total. The SMILES string of the molecule is COc1ccc(OC)c(CN2C(=O)N[C@](C)(c3ccc4c(c3)OCCO4)C2=O)c1. The van der Waals surface area contributed by atoms with Gasteiger partial charge in [0.05, 0.1) is 20.8 Å². The van der Waals surface area contributed by atoms with Gasteiger partial charge in [0.15, 0.2) is 11.5 Å². The molecule has 0 aliphatic carbocycles. The van der Waals surface area contributed by atoms with E-state index in [1.54, 1.807) is 50.4 Å². The first-order valence-corrected chi connectivity index (χ1v) is 9.21. The number of nitrogens with one attached hydrogen (secondary N) is 1. The second-order valence-corrected chi connectivity index (χ2v) is 6.98. The molecule has 0 radical (unpaired) electrons. The molecule has 0 spiro atoms. The highest BCUT2D eigenvalue weighted by Gasteiger charge is 2.49. The summed E-state index contributed by atoms with van der Waals surface area (Å²) in [6.45, 7) is 2.66. The van der Waals surface area contributed by atoms with Gasteiger partial charge >= 0.3 is 6.03 Å². The fraction of sp³-hybridized carbons (Fsp3) is 0.333. The molecule has 152 valence electrons. The van der Waals surface area contributed by atoms with Crippen LogP contribution in [-0.4, -0.2) is 44.3 Å². The number of nitrogens with zero attached hydrogens (tertiary/aromatic N) is 1. The Morgan fingerprint density at radius 2 is 1.79 bits per heavy atom. The number of benzene rings is 2. The number of urea groups is 1. The first-order valence-electron chi connectivity index (χ1n) is 9.21. The molecule has 2 aromatic carbocycles. The fourth-order valence-corrected chi connectivity index (χ4v) is 3.57. The molecule has 0 unspecified atom stereocenters. The van der Waals surface area contributed by atoms with E-state index in [1.807, 2.05) is 0 Å². The van der Waals surface area contributed by atoms with E-state index in [9.17, 15) is 9.59 Å². The number of rotatable bonds is 5. The molecule has 0 saturated carbocycles. The molecule has 0 bridgehead atoms. The normalized spacial score (nSPS) is 20.4. The molecule has 8 nitrogen and oxygen atoms in total. The van der Waals surface area contributed by atoms with Gasteiger partial charge in [0.1, 0.15) is 30.3 Å². The number of carbonyl (C=O) groups is 2. The lowest BCUT2D eigenvalue weighted by molar-refractivity contribution is -0.131. The van der Waals surface area contributed by atoms with Gasteiger partial charge < -0.3 is 24.3 Å². The van der Waals surface area contributed by atoms with Crippen LogP contribution in [0, 0.1) is 0 Å². The van der Waals surface area contributed by atoms with Gasteiger partial charge in [-0.3, -0.25) is 9.69 Å². The van der Waals surface area contributed by atoms with Crippen molar-refractivity contribution in [1.29, 1.82) is 0 Å². The first kappa shape index (κ1) is 18.9. The van der Waals surface area contributed by atoms with Crippen molar-refractivity contribution in [3.05, 3.63) is 47.5 Å². The van der Waals surface area contributed by atoms with Crippen molar-refractivity contribution in [2.75, 3.05) is 27.4 Å². The summed E-state index contributed by atoms with van der Waals surface area (Å²) in [4.78, 5) is 27.1. The molecule has 1 atom stereocenters. The fourth-order valence-electron chi connectivity index (χ4n) is 3.57. The molecule has 29 heavy (non-hydrogen) atoms. The smallest absolute Gasteiger partial charge is 0.325 e. The lowest BCUT2D eigenvalue weighted by Crippen LogP contribution is -2.41. The predicted octanol–water partition coefficient (Wildman–Crippen LogP) is 2.44. The lowest BCUT2D eigenvalue weighted by atomic mass is 9.91. The van der Waals surface area contributed by atoms with E-state index in [0.29, 0.717) is 47.3 Å². The molecule has 1 fully saturated rings. The van der Waals surface area contributed by atoms with E-state index >= 15 is 0 Å². The maximum atomic E-state index is 13.3. The topological polar surface area (TPSA) is 86.3 Å². The van der Waals surface area contributed by atoms with Gasteiger partial charge in [0.25, 0.3) is 5.91 Å². The molecule has 1 saturated heterocycles. The van der Waals surface area contributed by atoms with Crippen LogP contribution < -0.4 is 24.3 Å². The third-order valence-electron chi connectivity index (χ3n) is 5.21. The van der Waals surface area contributed by atoms with Gasteiger partial charge in [-0.05, 0) is 42.8 Å². The van der Waals surface area contributed by atoms with Gasteiger partial charge in [-0.2, -0.15) is 0 Å². The van der Waals surface area contributed by atoms with Crippen molar-refractivity contribution >= 4 is 11.9 Å². The molecule has 2 aliphatic heterocycles. The summed E-state index contributed by atoms with van der Waals surface area (Å²) in [7, 11) is 3.09. The van der Waals surface area contributed by atoms with Crippen molar-refractivity contribution in [2.45, 2.75) is 19.0 Å². The number of imide groups is 1. The molecular weight excluding hydrogens is 376 g/mol. The van der Waals surface area contributed by atoms with Crippen LogP contribution in [0.4, 0.5) is 4.79 Å². The zero-order valence-electron chi connectivity index (χ0n) is 16.5. The van der Waals surface area contributed by atoms with E-state index in [-0.39, 0.29) is 12.5 Å². The van der Waals surface area contributed by atoms with Crippen molar-refractivity contribution in [3.8, 4) is 23.0 Å². The second-order valence-electron chi connectivity index (χ2n) is 6.98. The van der Waals surface area contributed by atoms with Gasteiger partial charge in [-0.1, -0.05) is 6.07 Å². The molecule has 8 heteroatoms. The quantitative estimate of drug-likeness (QED) is 0.779. The van der Waals surface area contributed by atoms with Crippen LogP contribution in [0.1, 0.15) is 18.1 Å². The number of carbonyl (C=O) groups excluding carboxylic acids is 2. The van der Waals surface area contributed by atoms with E-state index < -0.39 is 11.6 Å². The molecule has 2 heterocycles. The van der Waals surface area contributed by atoms with Gasteiger partial charge in [0.2, 0.25) is 0 Å². The van der Waals surface area contributed by atoms with Gasteiger partial charge in [-0.15, -0.1) is 0 Å². The third-order valence-corrected chi connectivity index (χ3v) is 5.21. The van der Waals surface area contributed by atoms with E-state index in [1.165, 1.54) is 12.0 Å². The highest BCUT2D eigenvalue weighted by molar-refractivity contribution is 6.07. The largest absolute Gasteiger partial charge is 0.497 e.